The quantitative estimate of drug-likeness (QED) is 0.832. The second kappa shape index (κ2) is 7.25. The predicted octanol–water partition coefficient (Wildman–Crippen LogP) is 3.01. The highest BCUT2D eigenvalue weighted by Crippen LogP contribution is 2.31. The number of hydrogen-bond donors (Lipinski definition) is 1. The van der Waals surface area contributed by atoms with Gasteiger partial charge in [-0.3, -0.25) is 4.79 Å². The normalized spacial score (nSPS) is 22.0. The number of piperidine rings is 1. The molecule has 1 amide bonds. The summed E-state index contributed by atoms with van der Waals surface area (Å²) in [6.07, 6.45) is 7.03. The van der Waals surface area contributed by atoms with Gasteiger partial charge in [-0.1, -0.05) is 18.2 Å². The van der Waals surface area contributed by atoms with Gasteiger partial charge in [0.25, 0.3) is 0 Å². The summed E-state index contributed by atoms with van der Waals surface area (Å²) in [6, 6.07) is 5.47. The van der Waals surface area contributed by atoms with E-state index in [1.54, 1.807) is 4.90 Å². The van der Waals surface area contributed by atoms with Crippen molar-refractivity contribution in [2.24, 2.45) is 5.92 Å². The first-order valence-corrected chi connectivity index (χ1v) is 8.61. The molecule has 2 aliphatic rings. The van der Waals surface area contributed by atoms with E-state index >= 15 is 0 Å². The largest absolute Gasteiger partial charge is 0.478 e. The van der Waals surface area contributed by atoms with Crippen LogP contribution in [0, 0.1) is 11.7 Å². The Labute approximate surface area is 146 Å². The number of halogens is 1. The Kier molecular flexibility index (Phi) is 5.06. The maximum atomic E-state index is 13.3. The van der Waals surface area contributed by atoms with Crippen LogP contribution < -0.4 is 4.74 Å². The zero-order valence-electron chi connectivity index (χ0n) is 14.0. The van der Waals surface area contributed by atoms with Crippen LogP contribution in [0.25, 0.3) is 0 Å². The molecule has 25 heavy (non-hydrogen) atoms. The molecule has 1 heterocycles. The van der Waals surface area contributed by atoms with Gasteiger partial charge in [0.1, 0.15) is 11.6 Å². The fourth-order valence-electron chi connectivity index (χ4n) is 3.45. The van der Waals surface area contributed by atoms with Crippen LogP contribution in [-0.4, -0.2) is 40.6 Å². The summed E-state index contributed by atoms with van der Waals surface area (Å²) >= 11 is 0. The van der Waals surface area contributed by atoms with Crippen molar-refractivity contribution in [2.75, 3.05) is 13.1 Å². The van der Waals surface area contributed by atoms with Gasteiger partial charge in [0.05, 0.1) is 0 Å². The number of ether oxygens (including phenoxy) is 1. The molecule has 134 valence electrons. The molecule has 1 aromatic rings. The Bertz CT molecular complexity index is 680. The average Bonchev–Trinajstić information content (AvgIpc) is 3.08. The second-order valence-corrected chi connectivity index (χ2v) is 6.71. The Morgan fingerprint density at radius 1 is 1.32 bits per heavy atom. The number of carbonyl (C=O) groups excluding carboxylic acids is 1. The third kappa shape index (κ3) is 4.00. The smallest absolute Gasteiger partial charge is 0.348 e. The van der Waals surface area contributed by atoms with Crippen molar-refractivity contribution in [1.82, 2.24) is 4.90 Å². The molecule has 0 bridgehead atoms. The summed E-state index contributed by atoms with van der Waals surface area (Å²) < 4.78 is 19.0. The van der Waals surface area contributed by atoms with Gasteiger partial charge >= 0.3 is 5.97 Å². The number of carboxylic acids is 1. The first kappa shape index (κ1) is 17.5. The van der Waals surface area contributed by atoms with Crippen molar-refractivity contribution in [3.8, 4) is 5.75 Å². The van der Waals surface area contributed by atoms with Crippen LogP contribution in [0.3, 0.4) is 0 Å². The van der Waals surface area contributed by atoms with Crippen LogP contribution in [0.15, 0.2) is 36.4 Å². The highest BCUT2D eigenvalue weighted by Gasteiger charge is 2.45. The summed E-state index contributed by atoms with van der Waals surface area (Å²) in [5, 5.41) is 9.64. The lowest BCUT2D eigenvalue weighted by Crippen LogP contribution is -2.54. The fraction of sp³-hybridized carbons (Fsp3) is 0.474. The van der Waals surface area contributed by atoms with Crippen LogP contribution in [0.2, 0.25) is 0 Å². The number of benzene rings is 1. The number of allylic oxidation sites excluding steroid dienone is 2. The van der Waals surface area contributed by atoms with Gasteiger partial charge in [-0.25, -0.2) is 9.18 Å². The van der Waals surface area contributed by atoms with Crippen molar-refractivity contribution in [3.05, 3.63) is 42.2 Å². The van der Waals surface area contributed by atoms with Gasteiger partial charge in [-0.05, 0) is 30.9 Å². The number of hydrogen-bond acceptors (Lipinski definition) is 3. The Balaban J connectivity index is 1.63. The first-order valence-electron chi connectivity index (χ1n) is 8.61. The Morgan fingerprint density at radius 2 is 2.08 bits per heavy atom. The molecule has 0 radical (unpaired) electrons. The van der Waals surface area contributed by atoms with Gasteiger partial charge in [0.15, 0.2) is 0 Å². The summed E-state index contributed by atoms with van der Waals surface area (Å²) in [6.45, 7) is 0.660. The van der Waals surface area contributed by atoms with E-state index in [9.17, 15) is 19.1 Å². The molecule has 0 saturated carbocycles. The van der Waals surface area contributed by atoms with Gasteiger partial charge in [-0.15, -0.1) is 0 Å². The number of carboxylic acid groups (broad SMARTS) is 1. The van der Waals surface area contributed by atoms with E-state index in [4.69, 9.17) is 4.74 Å². The van der Waals surface area contributed by atoms with Crippen LogP contribution in [-0.2, 0) is 9.59 Å². The van der Waals surface area contributed by atoms with Crippen molar-refractivity contribution in [2.45, 2.75) is 37.7 Å². The second-order valence-electron chi connectivity index (χ2n) is 6.71. The molecule has 1 aromatic carbocycles. The third-order valence-electron chi connectivity index (χ3n) is 4.97. The molecule has 1 N–H and O–H groups in total. The molecule has 0 aromatic heterocycles. The van der Waals surface area contributed by atoms with E-state index < -0.39 is 17.4 Å². The van der Waals surface area contributed by atoms with Crippen molar-refractivity contribution >= 4 is 11.9 Å². The molecule has 5 nitrogen and oxygen atoms in total. The van der Waals surface area contributed by atoms with E-state index in [0.717, 1.165) is 12.8 Å². The van der Waals surface area contributed by atoms with E-state index in [0.29, 0.717) is 25.4 Å². The van der Waals surface area contributed by atoms with Crippen molar-refractivity contribution in [1.29, 1.82) is 0 Å². The average molecular weight is 347 g/mol. The fourth-order valence-corrected chi connectivity index (χ4v) is 3.45. The lowest BCUT2D eigenvalue weighted by atomic mass is 9.90. The minimum absolute atomic E-state index is 0.0568. The molecule has 1 aliphatic heterocycles. The molecule has 0 spiro atoms. The third-order valence-corrected chi connectivity index (χ3v) is 4.97. The molecule has 1 fully saturated rings. The zero-order valence-corrected chi connectivity index (χ0v) is 14.0. The number of nitrogens with zero attached hydrogens (tertiary/aromatic N) is 1. The zero-order chi connectivity index (χ0) is 17.9. The van der Waals surface area contributed by atoms with Gasteiger partial charge in [0, 0.05) is 38.4 Å². The maximum Gasteiger partial charge on any atom is 0.348 e. The minimum Gasteiger partial charge on any atom is -0.478 e. The number of aliphatic carboxylic acids is 1. The molecule has 1 aliphatic carbocycles. The standard InChI is InChI=1S/C19H22FNO4/c20-15-6-3-7-16(13-15)25-19(18(23)24)8-10-21(11-9-19)17(22)12-14-4-1-2-5-14/h1,3-4,6-7,13-14H,2,5,8-12H2,(H,23,24)/t14-/m0/s1. The lowest BCUT2D eigenvalue weighted by molar-refractivity contribution is -0.162. The van der Waals surface area contributed by atoms with Crippen LogP contribution in [0.4, 0.5) is 4.39 Å². The molecule has 0 unspecified atom stereocenters. The monoisotopic (exact) mass is 347 g/mol. The summed E-state index contributed by atoms with van der Waals surface area (Å²) in [7, 11) is 0. The molecule has 3 rings (SSSR count). The van der Waals surface area contributed by atoms with E-state index in [-0.39, 0.29) is 24.5 Å². The van der Waals surface area contributed by atoms with Crippen LogP contribution >= 0.6 is 0 Å². The first-order chi connectivity index (χ1) is 12.0. The van der Waals surface area contributed by atoms with Crippen molar-refractivity contribution < 1.29 is 23.8 Å². The SMILES string of the molecule is O=C(C[C@H]1C=CCC1)N1CCC(Oc2cccc(F)c2)(C(=O)O)CC1. The molecule has 6 heteroatoms. The Morgan fingerprint density at radius 3 is 2.68 bits per heavy atom. The van der Waals surface area contributed by atoms with Crippen LogP contribution in [0.1, 0.15) is 32.1 Å². The number of likely N-dealkylation sites (tertiary alicyclic amines) is 1. The lowest BCUT2D eigenvalue weighted by Gasteiger charge is -2.39. The summed E-state index contributed by atoms with van der Waals surface area (Å²) in [5.74, 6) is -1.01. The van der Waals surface area contributed by atoms with Crippen molar-refractivity contribution in [3.63, 3.8) is 0 Å². The summed E-state index contributed by atoms with van der Waals surface area (Å²) in [5.41, 5.74) is -1.42. The number of amides is 1. The highest BCUT2D eigenvalue weighted by molar-refractivity contribution is 5.80. The van der Waals surface area contributed by atoms with Gasteiger partial charge in [-0.2, -0.15) is 0 Å². The van der Waals surface area contributed by atoms with Crippen LogP contribution in [0.5, 0.6) is 5.75 Å². The summed E-state index contributed by atoms with van der Waals surface area (Å²) in [4.78, 5) is 25.9. The van der Waals surface area contributed by atoms with E-state index in [2.05, 4.69) is 12.2 Å². The van der Waals surface area contributed by atoms with E-state index in [1.165, 1.54) is 24.3 Å². The molecule has 1 saturated heterocycles. The topological polar surface area (TPSA) is 66.8 Å². The number of rotatable bonds is 5. The predicted molar refractivity (Wildman–Crippen MR) is 89.7 cm³/mol. The van der Waals surface area contributed by atoms with Gasteiger partial charge < -0.3 is 14.7 Å². The molecular formula is C19H22FNO4. The molecule has 1 atom stereocenters. The minimum atomic E-state index is -1.42. The van der Waals surface area contributed by atoms with E-state index in [1.807, 2.05) is 0 Å². The Hall–Kier alpha value is -2.37. The highest BCUT2D eigenvalue weighted by atomic mass is 19.1. The number of carbonyl (C=O) groups is 2. The van der Waals surface area contributed by atoms with Gasteiger partial charge in [0.2, 0.25) is 11.5 Å². The maximum absolute atomic E-state index is 13.3. The molecular weight excluding hydrogens is 325 g/mol.